The summed E-state index contributed by atoms with van der Waals surface area (Å²) in [5.74, 6) is 0.804. The molecule has 2 aromatic rings. The lowest BCUT2D eigenvalue weighted by molar-refractivity contribution is 0.149. The number of primary amides is 1. The maximum absolute atomic E-state index is 10.5. The molecule has 7 nitrogen and oxygen atoms in total. The highest BCUT2D eigenvalue weighted by Gasteiger charge is 2.04. The predicted molar refractivity (Wildman–Crippen MR) is 66.5 cm³/mol. The third-order valence-corrected chi connectivity index (χ3v) is 2.45. The summed E-state index contributed by atoms with van der Waals surface area (Å²) in [6.45, 7) is 0.603. The molecule has 0 unspecified atom stereocenters. The number of rotatable bonds is 5. The lowest BCUT2D eigenvalue weighted by Gasteiger charge is -2.03. The van der Waals surface area contributed by atoms with Crippen LogP contribution in [0.3, 0.4) is 0 Å². The Balaban J connectivity index is 1.96. The summed E-state index contributed by atoms with van der Waals surface area (Å²) in [5, 5.41) is 7.81. The van der Waals surface area contributed by atoms with Crippen LogP contribution in [-0.2, 0) is 17.9 Å². The minimum atomic E-state index is -0.829. The van der Waals surface area contributed by atoms with Gasteiger partial charge in [-0.05, 0) is 17.7 Å². The number of aromatic nitrogens is 3. The average molecular weight is 262 g/mol. The van der Waals surface area contributed by atoms with E-state index >= 15 is 0 Å². The van der Waals surface area contributed by atoms with E-state index in [1.165, 1.54) is 0 Å². The molecule has 19 heavy (non-hydrogen) atoms. The van der Waals surface area contributed by atoms with Crippen LogP contribution in [0.4, 0.5) is 4.79 Å². The van der Waals surface area contributed by atoms with E-state index in [9.17, 15) is 4.79 Å². The topological polar surface area (TPSA) is 92.3 Å². The van der Waals surface area contributed by atoms with Gasteiger partial charge in [0, 0.05) is 0 Å². The first-order valence-electron chi connectivity index (χ1n) is 5.61. The Kier molecular flexibility index (Phi) is 3.97. The molecule has 2 rings (SSSR count). The number of carbonyl (C=O) groups excluding carboxylic acids is 1. The Morgan fingerprint density at radius 2 is 2.11 bits per heavy atom. The van der Waals surface area contributed by atoms with Crippen molar-refractivity contribution in [1.29, 1.82) is 0 Å². The van der Waals surface area contributed by atoms with E-state index in [2.05, 4.69) is 15.0 Å². The highest BCUT2D eigenvalue weighted by Crippen LogP contribution is 2.12. The molecule has 0 atom stereocenters. The molecule has 0 aliphatic rings. The van der Waals surface area contributed by atoms with Crippen molar-refractivity contribution in [1.82, 2.24) is 15.0 Å². The summed E-state index contributed by atoms with van der Waals surface area (Å²) in [4.78, 5) is 10.5. The van der Waals surface area contributed by atoms with Crippen molar-refractivity contribution in [3.63, 3.8) is 0 Å². The van der Waals surface area contributed by atoms with Gasteiger partial charge in [-0.3, -0.25) is 0 Å². The Bertz CT molecular complexity index is 550. The summed E-state index contributed by atoms with van der Waals surface area (Å²) in [6, 6.07) is 7.65. The largest absolute Gasteiger partial charge is 0.497 e. The smallest absolute Gasteiger partial charge is 0.404 e. The second-order valence-corrected chi connectivity index (χ2v) is 3.86. The molecule has 0 spiro atoms. The molecular formula is C12H14N4O3. The molecule has 0 aliphatic carbocycles. The molecule has 0 bridgehead atoms. The van der Waals surface area contributed by atoms with Crippen LogP contribution in [0, 0.1) is 0 Å². The lowest BCUT2D eigenvalue weighted by atomic mass is 10.2. The molecule has 2 N–H and O–H groups in total. The molecular weight excluding hydrogens is 248 g/mol. The number of methoxy groups -OCH3 is 1. The highest BCUT2D eigenvalue weighted by molar-refractivity contribution is 5.64. The number of amides is 1. The number of hydrogen-bond donors (Lipinski definition) is 1. The summed E-state index contributed by atoms with van der Waals surface area (Å²) in [6.07, 6.45) is 0.873. The average Bonchev–Trinajstić information content (AvgIpc) is 2.85. The van der Waals surface area contributed by atoms with Crippen LogP contribution in [0.2, 0.25) is 0 Å². The standard InChI is InChI=1S/C12H14N4O3/c1-18-11-4-2-9(3-5-11)6-16-7-10(14-15-16)8-19-12(13)17/h2-5,7H,6,8H2,1H3,(H2,13,17). The van der Waals surface area contributed by atoms with E-state index in [4.69, 9.17) is 10.5 Å². The van der Waals surface area contributed by atoms with E-state index in [0.717, 1.165) is 11.3 Å². The number of nitrogens with two attached hydrogens (primary N) is 1. The van der Waals surface area contributed by atoms with Gasteiger partial charge in [0.25, 0.3) is 0 Å². The van der Waals surface area contributed by atoms with Crippen LogP contribution in [0.1, 0.15) is 11.3 Å². The molecule has 1 heterocycles. The fourth-order valence-corrected chi connectivity index (χ4v) is 1.55. The van der Waals surface area contributed by atoms with E-state index in [0.29, 0.717) is 12.2 Å². The number of nitrogens with zero attached hydrogens (tertiary/aromatic N) is 3. The summed E-state index contributed by atoms with van der Waals surface area (Å²) < 4.78 is 11.4. The quantitative estimate of drug-likeness (QED) is 0.865. The molecule has 0 radical (unpaired) electrons. The summed E-state index contributed by atoms with van der Waals surface area (Å²) in [7, 11) is 1.62. The van der Waals surface area contributed by atoms with E-state index in [-0.39, 0.29) is 6.61 Å². The van der Waals surface area contributed by atoms with Crippen molar-refractivity contribution in [2.75, 3.05) is 7.11 Å². The number of hydrogen-bond acceptors (Lipinski definition) is 5. The highest BCUT2D eigenvalue weighted by atomic mass is 16.5. The number of benzene rings is 1. The second kappa shape index (κ2) is 5.85. The van der Waals surface area contributed by atoms with Crippen LogP contribution in [0.5, 0.6) is 5.75 Å². The zero-order chi connectivity index (χ0) is 13.7. The fourth-order valence-electron chi connectivity index (χ4n) is 1.55. The molecule has 0 aliphatic heterocycles. The number of ether oxygens (including phenoxy) is 2. The van der Waals surface area contributed by atoms with Gasteiger partial charge < -0.3 is 15.2 Å². The second-order valence-electron chi connectivity index (χ2n) is 3.86. The first kappa shape index (κ1) is 12.9. The zero-order valence-corrected chi connectivity index (χ0v) is 10.4. The minimum absolute atomic E-state index is 0.0257. The Morgan fingerprint density at radius 3 is 2.74 bits per heavy atom. The van der Waals surface area contributed by atoms with E-state index in [1.807, 2.05) is 24.3 Å². The zero-order valence-electron chi connectivity index (χ0n) is 10.4. The molecule has 0 saturated carbocycles. The van der Waals surface area contributed by atoms with Crippen LogP contribution < -0.4 is 10.5 Å². The van der Waals surface area contributed by atoms with E-state index < -0.39 is 6.09 Å². The summed E-state index contributed by atoms with van der Waals surface area (Å²) >= 11 is 0. The summed E-state index contributed by atoms with van der Waals surface area (Å²) in [5.41, 5.74) is 6.48. The third kappa shape index (κ3) is 3.70. The first-order valence-corrected chi connectivity index (χ1v) is 5.61. The maximum atomic E-state index is 10.5. The van der Waals surface area contributed by atoms with Gasteiger partial charge in [-0.2, -0.15) is 0 Å². The van der Waals surface area contributed by atoms with Gasteiger partial charge in [-0.1, -0.05) is 17.3 Å². The first-order chi connectivity index (χ1) is 9.17. The van der Waals surface area contributed by atoms with Crippen molar-refractivity contribution in [2.45, 2.75) is 13.2 Å². The van der Waals surface area contributed by atoms with Gasteiger partial charge in [-0.15, -0.1) is 5.10 Å². The van der Waals surface area contributed by atoms with Gasteiger partial charge in [0.05, 0.1) is 19.9 Å². The Labute approximate surface area is 109 Å². The molecule has 0 saturated heterocycles. The molecule has 1 aromatic carbocycles. The van der Waals surface area contributed by atoms with Crippen LogP contribution in [-0.4, -0.2) is 28.2 Å². The van der Waals surface area contributed by atoms with Gasteiger partial charge in [0.1, 0.15) is 18.1 Å². The van der Waals surface area contributed by atoms with Crippen molar-refractivity contribution in [3.05, 3.63) is 41.7 Å². The van der Waals surface area contributed by atoms with Crippen LogP contribution in [0.25, 0.3) is 0 Å². The monoisotopic (exact) mass is 262 g/mol. The van der Waals surface area contributed by atoms with Gasteiger partial charge in [-0.25, -0.2) is 9.48 Å². The van der Waals surface area contributed by atoms with E-state index in [1.54, 1.807) is 18.0 Å². The lowest BCUT2D eigenvalue weighted by Crippen LogP contribution is -2.12. The van der Waals surface area contributed by atoms with Crippen molar-refractivity contribution >= 4 is 6.09 Å². The van der Waals surface area contributed by atoms with Gasteiger partial charge in [0.15, 0.2) is 0 Å². The molecule has 7 heteroatoms. The SMILES string of the molecule is COc1ccc(Cn2cc(COC(N)=O)nn2)cc1. The third-order valence-electron chi connectivity index (χ3n) is 2.45. The Morgan fingerprint density at radius 1 is 1.37 bits per heavy atom. The van der Waals surface area contributed by atoms with Crippen LogP contribution >= 0.6 is 0 Å². The van der Waals surface area contributed by atoms with Gasteiger partial charge in [0.2, 0.25) is 0 Å². The molecule has 100 valence electrons. The molecule has 1 aromatic heterocycles. The van der Waals surface area contributed by atoms with Crippen molar-refractivity contribution in [2.24, 2.45) is 5.73 Å². The maximum Gasteiger partial charge on any atom is 0.404 e. The number of carbonyl (C=O) groups is 1. The van der Waals surface area contributed by atoms with Gasteiger partial charge >= 0.3 is 6.09 Å². The predicted octanol–water partition coefficient (Wildman–Crippen LogP) is 0.930. The van der Waals surface area contributed by atoms with Crippen LogP contribution in [0.15, 0.2) is 30.5 Å². The van der Waals surface area contributed by atoms with Crippen molar-refractivity contribution in [3.8, 4) is 5.75 Å². The molecule has 0 fully saturated rings. The molecule has 1 amide bonds. The van der Waals surface area contributed by atoms with Crippen molar-refractivity contribution < 1.29 is 14.3 Å². The Hall–Kier alpha value is -2.57. The fraction of sp³-hybridized carbons (Fsp3) is 0.250. The minimum Gasteiger partial charge on any atom is -0.497 e. The normalized spacial score (nSPS) is 10.2.